The highest BCUT2D eigenvalue weighted by Crippen LogP contribution is 2.55. The molecule has 92 valence electrons. The van der Waals surface area contributed by atoms with Crippen LogP contribution in [0.15, 0.2) is 0 Å². The van der Waals surface area contributed by atoms with Crippen molar-refractivity contribution in [3.8, 4) is 0 Å². The van der Waals surface area contributed by atoms with Gasteiger partial charge in [-0.05, 0) is 26.2 Å². The molecule has 0 amide bonds. The summed E-state index contributed by atoms with van der Waals surface area (Å²) in [6.45, 7) is 3.85. The highest BCUT2D eigenvalue weighted by molar-refractivity contribution is 5.73. The van der Waals surface area contributed by atoms with E-state index >= 15 is 0 Å². The molecule has 2 fully saturated rings. The number of carbonyl (C=O) groups is 1. The first-order valence-corrected chi connectivity index (χ1v) is 5.96. The van der Waals surface area contributed by atoms with Crippen molar-refractivity contribution in [1.29, 1.82) is 0 Å². The SMILES string of the molecule is CC[C@]12CC[C@](C(C)C(=O)OC)(C[C@H]1O)O2. The van der Waals surface area contributed by atoms with Crippen molar-refractivity contribution in [3.05, 3.63) is 0 Å². The molecule has 4 atom stereocenters. The molecule has 0 saturated carbocycles. The summed E-state index contributed by atoms with van der Waals surface area (Å²) >= 11 is 0. The van der Waals surface area contributed by atoms with Crippen molar-refractivity contribution >= 4 is 5.97 Å². The van der Waals surface area contributed by atoms with Crippen LogP contribution in [0.2, 0.25) is 0 Å². The quantitative estimate of drug-likeness (QED) is 0.739. The number of esters is 1. The maximum absolute atomic E-state index is 11.6. The van der Waals surface area contributed by atoms with Crippen molar-refractivity contribution < 1.29 is 19.4 Å². The monoisotopic (exact) mass is 228 g/mol. The Hall–Kier alpha value is -0.610. The van der Waals surface area contributed by atoms with Gasteiger partial charge in [-0.1, -0.05) is 6.92 Å². The first-order chi connectivity index (χ1) is 7.49. The molecule has 2 aliphatic heterocycles. The minimum atomic E-state index is -0.498. The summed E-state index contributed by atoms with van der Waals surface area (Å²) < 4.78 is 10.8. The van der Waals surface area contributed by atoms with E-state index in [4.69, 9.17) is 9.47 Å². The fraction of sp³-hybridized carbons (Fsp3) is 0.917. The number of fused-ring (bicyclic) bond motifs is 2. The van der Waals surface area contributed by atoms with Gasteiger partial charge in [-0.3, -0.25) is 4.79 Å². The molecule has 0 aromatic heterocycles. The molecule has 2 heterocycles. The number of aliphatic hydroxyl groups is 1. The van der Waals surface area contributed by atoms with E-state index in [-0.39, 0.29) is 11.9 Å². The summed E-state index contributed by atoms with van der Waals surface area (Å²) in [6, 6.07) is 0. The lowest BCUT2D eigenvalue weighted by Crippen LogP contribution is -2.40. The number of rotatable bonds is 3. The third-order valence-electron chi connectivity index (χ3n) is 4.47. The molecule has 2 rings (SSSR count). The maximum Gasteiger partial charge on any atom is 0.311 e. The van der Waals surface area contributed by atoms with Crippen LogP contribution in [0.25, 0.3) is 0 Å². The smallest absolute Gasteiger partial charge is 0.311 e. The molecule has 4 nitrogen and oxygen atoms in total. The van der Waals surface area contributed by atoms with Gasteiger partial charge in [0.15, 0.2) is 0 Å². The van der Waals surface area contributed by atoms with E-state index in [0.717, 1.165) is 19.3 Å². The Morgan fingerprint density at radius 1 is 1.62 bits per heavy atom. The average Bonchev–Trinajstić information content (AvgIpc) is 2.81. The minimum Gasteiger partial charge on any atom is -0.469 e. The zero-order valence-electron chi connectivity index (χ0n) is 10.2. The average molecular weight is 228 g/mol. The normalized spacial score (nSPS) is 43.4. The van der Waals surface area contributed by atoms with Crippen LogP contribution in [0.5, 0.6) is 0 Å². The van der Waals surface area contributed by atoms with Crippen LogP contribution in [0.1, 0.15) is 39.5 Å². The molecule has 2 saturated heterocycles. The van der Waals surface area contributed by atoms with E-state index in [9.17, 15) is 9.90 Å². The molecule has 0 spiro atoms. The molecule has 0 aliphatic carbocycles. The Kier molecular flexibility index (Phi) is 2.75. The van der Waals surface area contributed by atoms with Crippen LogP contribution >= 0.6 is 0 Å². The van der Waals surface area contributed by atoms with Crippen LogP contribution in [0.4, 0.5) is 0 Å². The van der Waals surface area contributed by atoms with Crippen molar-refractivity contribution in [1.82, 2.24) is 0 Å². The van der Waals surface area contributed by atoms with E-state index in [1.807, 2.05) is 13.8 Å². The summed E-state index contributed by atoms with van der Waals surface area (Å²) in [7, 11) is 1.39. The zero-order chi connectivity index (χ0) is 12.0. The van der Waals surface area contributed by atoms with E-state index in [1.54, 1.807) is 0 Å². The van der Waals surface area contributed by atoms with E-state index in [0.29, 0.717) is 6.42 Å². The Bertz CT molecular complexity index is 303. The minimum absolute atomic E-state index is 0.249. The van der Waals surface area contributed by atoms with Gasteiger partial charge in [0.1, 0.15) is 0 Å². The van der Waals surface area contributed by atoms with Crippen molar-refractivity contribution in [2.24, 2.45) is 5.92 Å². The highest BCUT2D eigenvalue weighted by atomic mass is 16.6. The van der Waals surface area contributed by atoms with Crippen molar-refractivity contribution in [3.63, 3.8) is 0 Å². The van der Waals surface area contributed by atoms with Gasteiger partial charge in [0.05, 0.1) is 30.3 Å². The second kappa shape index (κ2) is 3.70. The predicted molar refractivity (Wildman–Crippen MR) is 57.9 cm³/mol. The predicted octanol–water partition coefficient (Wildman–Crippen LogP) is 1.26. The number of carbonyl (C=O) groups excluding carboxylic acids is 1. The Labute approximate surface area is 95.9 Å². The summed E-state index contributed by atoms with van der Waals surface area (Å²) in [6.07, 6.45) is 2.58. The first-order valence-electron chi connectivity index (χ1n) is 5.96. The molecule has 0 aromatic rings. The van der Waals surface area contributed by atoms with Gasteiger partial charge in [0, 0.05) is 6.42 Å². The van der Waals surface area contributed by atoms with Crippen LogP contribution in [-0.2, 0) is 14.3 Å². The van der Waals surface area contributed by atoms with Crippen LogP contribution in [0, 0.1) is 5.92 Å². The second-order valence-corrected chi connectivity index (χ2v) is 5.05. The Morgan fingerprint density at radius 2 is 2.31 bits per heavy atom. The van der Waals surface area contributed by atoms with Gasteiger partial charge in [0.2, 0.25) is 0 Å². The lowest BCUT2D eigenvalue weighted by Gasteiger charge is -2.30. The summed E-state index contributed by atoms with van der Waals surface area (Å²) in [5, 5.41) is 10.1. The summed E-state index contributed by atoms with van der Waals surface area (Å²) in [4.78, 5) is 11.6. The Morgan fingerprint density at radius 3 is 2.75 bits per heavy atom. The topological polar surface area (TPSA) is 55.8 Å². The van der Waals surface area contributed by atoms with Crippen LogP contribution in [-0.4, -0.2) is 35.5 Å². The molecule has 16 heavy (non-hydrogen) atoms. The second-order valence-electron chi connectivity index (χ2n) is 5.05. The van der Waals surface area contributed by atoms with Gasteiger partial charge in [-0.15, -0.1) is 0 Å². The van der Waals surface area contributed by atoms with Crippen molar-refractivity contribution in [2.75, 3.05) is 7.11 Å². The van der Waals surface area contributed by atoms with Gasteiger partial charge >= 0.3 is 5.97 Å². The van der Waals surface area contributed by atoms with Gasteiger partial charge in [-0.2, -0.15) is 0 Å². The largest absolute Gasteiger partial charge is 0.469 e. The lowest BCUT2D eigenvalue weighted by atomic mass is 9.74. The fourth-order valence-electron chi connectivity index (χ4n) is 3.18. The molecule has 1 unspecified atom stereocenters. The molecule has 0 aromatic carbocycles. The maximum atomic E-state index is 11.6. The standard InChI is InChI=1S/C12H20O4/c1-4-11-5-6-12(16-11,7-9(11)13)8(2)10(14)15-3/h8-9,13H,4-7H2,1-3H3/t8?,9-,11+,12-/m1/s1. The van der Waals surface area contributed by atoms with E-state index < -0.39 is 17.3 Å². The third kappa shape index (κ3) is 1.39. The molecule has 0 radical (unpaired) electrons. The molecular formula is C12H20O4. The highest BCUT2D eigenvalue weighted by Gasteiger charge is 2.63. The molecular weight excluding hydrogens is 208 g/mol. The number of hydrogen-bond acceptors (Lipinski definition) is 4. The number of methoxy groups -OCH3 is 1. The van der Waals surface area contributed by atoms with Gasteiger partial charge in [-0.25, -0.2) is 0 Å². The zero-order valence-corrected chi connectivity index (χ0v) is 10.2. The summed E-state index contributed by atoms with van der Waals surface area (Å²) in [5.74, 6) is -0.552. The van der Waals surface area contributed by atoms with Gasteiger partial charge < -0.3 is 14.6 Å². The van der Waals surface area contributed by atoms with Crippen LogP contribution < -0.4 is 0 Å². The number of ether oxygens (including phenoxy) is 2. The number of aliphatic hydroxyl groups excluding tert-OH is 1. The van der Waals surface area contributed by atoms with Crippen molar-refractivity contribution in [2.45, 2.75) is 56.8 Å². The first kappa shape index (κ1) is 11.9. The molecule has 1 N–H and O–H groups in total. The lowest BCUT2D eigenvalue weighted by molar-refractivity contribution is -0.158. The van der Waals surface area contributed by atoms with Gasteiger partial charge in [0.25, 0.3) is 0 Å². The van der Waals surface area contributed by atoms with Crippen LogP contribution in [0.3, 0.4) is 0 Å². The number of hydrogen-bond donors (Lipinski definition) is 1. The third-order valence-corrected chi connectivity index (χ3v) is 4.47. The molecule has 2 aliphatic rings. The fourth-order valence-corrected chi connectivity index (χ4v) is 3.18. The molecule has 2 bridgehead atoms. The summed E-state index contributed by atoms with van der Waals surface area (Å²) in [5.41, 5.74) is -0.912. The Balaban J connectivity index is 2.21. The van der Waals surface area contributed by atoms with E-state index in [2.05, 4.69) is 0 Å². The van der Waals surface area contributed by atoms with E-state index in [1.165, 1.54) is 7.11 Å². The molecule has 4 heteroatoms.